The Labute approximate surface area is 179 Å². The van der Waals surface area contributed by atoms with Gasteiger partial charge in [-0.15, -0.1) is 0 Å². The van der Waals surface area contributed by atoms with Gasteiger partial charge < -0.3 is 10.2 Å². The Morgan fingerprint density at radius 3 is 2.55 bits per heavy atom. The lowest BCUT2D eigenvalue weighted by Gasteiger charge is -2.52. The average molecular weight is 407 g/mol. The molecule has 168 valence electrons. The summed E-state index contributed by atoms with van der Waals surface area (Å²) in [6.45, 7) is 11.8. The van der Waals surface area contributed by atoms with E-state index in [-0.39, 0.29) is 11.5 Å². The van der Waals surface area contributed by atoms with Crippen LogP contribution in [0.25, 0.3) is 0 Å². The van der Waals surface area contributed by atoms with Gasteiger partial charge in [-0.2, -0.15) is 0 Å². The van der Waals surface area contributed by atoms with Gasteiger partial charge in [-0.3, -0.25) is 4.79 Å². The van der Waals surface area contributed by atoms with Gasteiger partial charge in [0.2, 0.25) is 0 Å². The quantitative estimate of drug-likeness (QED) is 0.369. The van der Waals surface area contributed by atoms with Crippen molar-refractivity contribution in [3.05, 3.63) is 11.6 Å². The van der Waals surface area contributed by atoms with Crippen LogP contribution in [0.2, 0.25) is 0 Å². The Morgan fingerprint density at radius 1 is 1.21 bits per heavy atom. The van der Waals surface area contributed by atoms with Crippen LogP contribution in [0, 0.1) is 35.0 Å². The third-order valence-corrected chi connectivity index (χ3v) is 8.62. The zero-order chi connectivity index (χ0) is 21.6. The average Bonchev–Trinajstić information content (AvgIpc) is 2.68. The van der Waals surface area contributed by atoms with E-state index >= 15 is 0 Å². The summed E-state index contributed by atoms with van der Waals surface area (Å²) in [6, 6.07) is 0. The SMILES string of the molecule is CCCCC1C(C(C)CC[C@@H](C)[C@H](C)CCC(=O)O)CC=C2C[C@@H](O)CC[C@@]21C. The van der Waals surface area contributed by atoms with Crippen molar-refractivity contribution < 1.29 is 15.0 Å². The highest BCUT2D eigenvalue weighted by Gasteiger charge is 2.47. The number of carboxylic acid groups (broad SMARTS) is 1. The number of fused-ring (bicyclic) bond motifs is 1. The summed E-state index contributed by atoms with van der Waals surface area (Å²) < 4.78 is 0. The van der Waals surface area contributed by atoms with Crippen LogP contribution in [-0.4, -0.2) is 22.3 Å². The van der Waals surface area contributed by atoms with Gasteiger partial charge in [-0.1, -0.05) is 72.0 Å². The molecule has 3 unspecified atom stereocenters. The first-order valence-corrected chi connectivity index (χ1v) is 12.3. The van der Waals surface area contributed by atoms with Crippen LogP contribution < -0.4 is 0 Å². The fourth-order valence-electron chi connectivity index (χ4n) is 6.12. The fraction of sp³-hybridized carbons (Fsp3) is 0.885. The Hall–Kier alpha value is -0.830. The molecule has 2 N–H and O–H groups in total. The van der Waals surface area contributed by atoms with Gasteiger partial charge >= 0.3 is 5.97 Å². The summed E-state index contributed by atoms with van der Waals surface area (Å²) in [5.41, 5.74) is 1.82. The van der Waals surface area contributed by atoms with E-state index in [9.17, 15) is 9.90 Å². The normalized spacial score (nSPS) is 32.8. The molecule has 3 heteroatoms. The molecule has 0 aromatic carbocycles. The molecule has 2 aliphatic rings. The van der Waals surface area contributed by atoms with Gasteiger partial charge in [-0.05, 0) is 73.5 Å². The van der Waals surface area contributed by atoms with Gasteiger partial charge in [0.1, 0.15) is 0 Å². The summed E-state index contributed by atoms with van der Waals surface area (Å²) in [5.74, 6) is 2.57. The summed E-state index contributed by atoms with van der Waals surface area (Å²) in [6.07, 6.45) is 13.9. The molecule has 0 saturated heterocycles. The molecule has 0 aliphatic heterocycles. The smallest absolute Gasteiger partial charge is 0.303 e. The number of carboxylic acids is 1. The summed E-state index contributed by atoms with van der Waals surface area (Å²) in [5, 5.41) is 19.1. The van der Waals surface area contributed by atoms with Crippen molar-refractivity contribution in [2.45, 2.75) is 111 Å². The second-order valence-corrected chi connectivity index (χ2v) is 10.6. The van der Waals surface area contributed by atoms with Crippen molar-refractivity contribution in [3.63, 3.8) is 0 Å². The molecule has 7 atom stereocenters. The number of aliphatic carboxylic acids is 1. The Morgan fingerprint density at radius 2 is 1.90 bits per heavy atom. The molecule has 1 saturated carbocycles. The number of allylic oxidation sites excluding steroid dienone is 1. The van der Waals surface area contributed by atoms with Gasteiger partial charge in [0.15, 0.2) is 0 Å². The molecule has 2 rings (SSSR count). The molecule has 0 spiro atoms. The first-order chi connectivity index (χ1) is 13.7. The van der Waals surface area contributed by atoms with Crippen LogP contribution in [0.15, 0.2) is 11.6 Å². The minimum absolute atomic E-state index is 0.136. The molecular formula is C26H46O3. The van der Waals surface area contributed by atoms with Gasteiger partial charge in [0, 0.05) is 6.42 Å². The third kappa shape index (κ3) is 6.32. The highest BCUT2D eigenvalue weighted by Crippen LogP contribution is 2.56. The highest BCUT2D eigenvalue weighted by molar-refractivity contribution is 5.66. The van der Waals surface area contributed by atoms with E-state index in [0.717, 1.165) is 37.5 Å². The molecule has 0 amide bonds. The van der Waals surface area contributed by atoms with Crippen LogP contribution in [0.4, 0.5) is 0 Å². The minimum atomic E-state index is -0.674. The second-order valence-electron chi connectivity index (χ2n) is 10.6. The third-order valence-electron chi connectivity index (χ3n) is 8.62. The largest absolute Gasteiger partial charge is 0.481 e. The Bertz CT molecular complexity index is 554. The lowest BCUT2D eigenvalue weighted by atomic mass is 9.53. The zero-order valence-corrected chi connectivity index (χ0v) is 19.6. The van der Waals surface area contributed by atoms with E-state index in [4.69, 9.17) is 5.11 Å². The monoisotopic (exact) mass is 406 g/mol. The van der Waals surface area contributed by atoms with Crippen molar-refractivity contribution in [3.8, 4) is 0 Å². The van der Waals surface area contributed by atoms with Gasteiger partial charge in [0.25, 0.3) is 0 Å². The predicted molar refractivity (Wildman–Crippen MR) is 121 cm³/mol. The molecule has 0 heterocycles. The molecule has 2 aliphatic carbocycles. The van der Waals surface area contributed by atoms with Crippen LogP contribution in [0.1, 0.15) is 105 Å². The summed E-state index contributed by atoms with van der Waals surface area (Å²) >= 11 is 0. The number of carbonyl (C=O) groups is 1. The van der Waals surface area contributed by atoms with Gasteiger partial charge in [-0.25, -0.2) is 0 Å². The van der Waals surface area contributed by atoms with E-state index in [1.54, 1.807) is 0 Å². The Kier molecular flexibility index (Phi) is 9.25. The van der Waals surface area contributed by atoms with E-state index in [1.165, 1.54) is 44.1 Å². The van der Waals surface area contributed by atoms with Crippen LogP contribution in [0.5, 0.6) is 0 Å². The fourth-order valence-corrected chi connectivity index (χ4v) is 6.12. The number of hydrogen-bond donors (Lipinski definition) is 2. The topological polar surface area (TPSA) is 57.5 Å². The standard InChI is InChI=1S/C26H46O3/c1-6-7-8-24-23(13-12-21-17-22(27)15-16-26(21,24)5)20(4)10-9-18(2)19(3)11-14-25(28)29/h12,18-20,22-24,27H,6-11,13-17H2,1-5H3,(H,28,29)/t18-,19-,20?,22+,23?,24?,26+/m1/s1. The molecule has 0 bridgehead atoms. The lowest BCUT2D eigenvalue weighted by Crippen LogP contribution is -2.44. The van der Waals surface area contributed by atoms with E-state index < -0.39 is 5.97 Å². The molecular weight excluding hydrogens is 360 g/mol. The summed E-state index contributed by atoms with van der Waals surface area (Å²) in [7, 11) is 0. The van der Waals surface area contributed by atoms with E-state index in [0.29, 0.717) is 24.2 Å². The maximum Gasteiger partial charge on any atom is 0.303 e. The maximum absolute atomic E-state index is 10.9. The predicted octanol–water partition coefficient (Wildman–Crippen LogP) is 6.84. The van der Waals surface area contributed by atoms with Crippen LogP contribution in [-0.2, 0) is 4.79 Å². The van der Waals surface area contributed by atoms with Crippen molar-refractivity contribution >= 4 is 5.97 Å². The number of unbranched alkanes of at least 4 members (excludes halogenated alkanes) is 1. The van der Waals surface area contributed by atoms with Crippen LogP contribution in [0.3, 0.4) is 0 Å². The summed E-state index contributed by atoms with van der Waals surface area (Å²) in [4.78, 5) is 10.9. The Balaban J connectivity index is 2.01. The molecule has 0 radical (unpaired) electrons. The molecule has 0 aromatic heterocycles. The van der Waals surface area contributed by atoms with E-state index in [2.05, 4.69) is 40.7 Å². The first-order valence-electron chi connectivity index (χ1n) is 12.3. The molecule has 29 heavy (non-hydrogen) atoms. The minimum Gasteiger partial charge on any atom is -0.481 e. The van der Waals surface area contributed by atoms with Crippen molar-refractivity contribution in [1.29, 1.82) is 0 Å². The van der Waals surface area contributed by atoms with Crippen molar-refractivity contribution in [2.24, 2.45) is 35.0 Å². The lowest BCUT2D eigenvalue weighted by molar-refractivity contribution is -0.137. The van der Waals surface area contributed by atoms with E-state index in [1.807, 2.05) is 0 Å². The first kappa shape index (κ1) is 24.4. The van der Waals surface area contributed by atoms with Crippen molar-refractivity contribution in [1.82, 2.24) is 0 Å². The molecule has 1 fully saturated rings. The van der Waals surface area contributed by atoms with Crippen LogP contribution >= 0.6 is 0 Å². The maximum atomic E-state index is 10.9. The number of rotatable bonds is 11. The van der Waals surface area contributed by atoms with Gasteiger partial charge in [0.05, 0.1) is 6.10 Å². The second kappa shape index (κ2) is 11.0. The molecule has 3 nitrogen and oxygen atoms in total. The van der Waals surface area contributed by atoms with Crippen molar-refractivity contribution in [2.75, 3.05) is 0 Å². The number of hydrogen-bond acceptors (Lipinski definition) is 2. The number of aliphatic hydroxyl groups is 1. The number of aliphatic hydroxyl groups excluding tert-OH is 1. The highest BCUT2D eigenvalue weighted by atomic mass is 16.4. The zero-order valence-electron chi connectivity index (χ0n) is 19.6. The molecule has 0 aromatic rings.